The maximum absolute atomic E-state index is 12.9. The normalized spacial score (nSPS) is 22.8. The Bertz CT molecular complexity index is 557. The summed E-state index contributed by atoms with van der Waals surface area (Å²) in [5.74, 6) is 3.18. The molecule has 100 valence electrons. The Hall–Kier alpha value is -1.40. The quantitative estimate of drug-likeness (QED) is 0.934. The van der Waals surface area contributed by atoms with Crippen LogP contribution >= 0.6 is 11.8 Å². The molecule has 2 atom stereocenters. The number of hydrogen-bond donors (Lipinski definition) is 1. The summed E-state index contributed by atoms with van der Waals surface area (Å²) in [5.41, 5.74) is 0.767. The van der Waals surface area contributed by atoms with Crippen LogP contribution < -0.4 is 5.32 Å². The number of halogens is 1. The number of likely N-dealkylation sites (N-methyl/N-ethyl adjacent to an activating group) is 1. The van der Waals surface area contributed by atoms with E-state index in [9.17, 15) is 4.39 Å². The predicted octanol–water partition coefficient (Wildman–Crippen LogP) is 2.29. The molecule has 0 aliphatic carbocycles. The molecular weight excluding hydrogens is 265 g/mol. The lowest BCUT2D eigenvalue weighted by molar-refractivity contribution is 0.344. The summed E-state index contributed by atoms with van der Waals surface area (Å²) in [6.45, 7) is 0. The summed E-state index contributed by atoms with van der Waals surface area (Å²) >= 11 is 1.88. The number of rotatable bonds is 3. The van der Waals surface area contributed by atoms with E-state index in [1.165, 1.54) is 12.1 Å². The highest BCUT2D eigenvalue weighted by atomic mass is 32.2. The summed E-state index contributed by atoms with van der Waals surface area (Å²) < 4.78 is 18.2. The molecule has 0 radical (unpaired) electrons. The van der Waals surface area contributed by atoms with E-state index in [-0.39, 0.29) is 11.7 Å². The molecule has 3 rings (SSSR count). The molecule has 2 unspecified atom stereocenters. The zero-order chi connectivity index (χ0) is 13.2. The van der Waals surface area contributed by atoms with Crippen LogP contribution in [0.15, 0.2) is 28.8 Å². The first-order chi connectivity index (χ1) is 9.28. The first kappa shape index (κ1) is 12.6. The Morgan fingerprint density at radius 2 is 2.11 bits per heavy atom. The Morgan fingerprint density at radius 1 is 1.32 bits per heavy atom. The van der Waals surface area contributed by atoms with Crippen LogP contribution in [0, 0.1) is 5.82 Å². The van der Waals surface area contributed by atoms with Crippen molar-refractivity contribution in [3.05, 3.63) is 36.0 Å². The van der Waals surface area contributed by atoms with Crippen molar-refractivity contribution in [3.63, 3.8) is 0 Å². The SMILES string of the molecule is CNC1CSCC1c1nc(-c2ccc(F)cc2)no1. The zero-order valence-electron chi connectivity index (χ0n) is 10.5. The van der Waals surface area contributed by atoms with Crippen LogP contribution in [0.2, 0.25) is 0 Å². The molecule has 1 aromatic carbocycles. The standard InChI is InChI=1S/C13H14FN3OS/c1-15-11-7-19-6-10(11)13-16-12(17-18-13)8-2-4-9(14)5-3-8/h2-5,10-11,15H,6-7H2,1H3. The third kappa shape index (κ3) is 2.50. The Kier molecular flexibility index (Phi) is 3.52. The zero-order valence-corrected chi connectivity index (χ0v) is 11.3. The maximum atomic E-state index is 12.9. The van der Waals surface area contributed by atoms with Crippen LogP contribution in [0.4, 0.5) is 4.39 Å². The fraction of sp³-hybridized carbons (Fsp3) is 0.385. The second kappa shape index (κ2) is 5.30. The summed E-state index contributed by atoms with van der Waals surface area (Å²) in [7, 11) is 1.95. The van der Waals surface area contributed by atoms with Gasteiger partial charge in [-0.15, -0.1) is 0 Å². The molecule has 2 aromatic rings. The fourth-order valence-electron chi connectivity index (χ4n) is 2.18. The molecular formula is C13H14FN3OS. The van der Waals surface area contributed by atoms with Gasteiger partial charge in [-0.25, -0.2) is 4.39 Å². The number of aromatic nitrogens is 2. The number of benzene rings is 1. The van der Waals surface area contributed by atoms with E-state index < -0.39 is 0 Å². The highest BCUT2D eigenvalue weighted by molar-refractivity contribution is 7.99. The van der Waals surface area contributed by atoms with E-state index in [4.69, 9.17) is 4.52 Å². The summed E-state index contributed by atoms with van der Waals surface area (Å²) in [4.78, 5) is 4.44. The molecule has 1 N–H and O–H groups in total. The number of nitrogens with zero attached hydrogens (tertiary/aromatic N) is 2. The van der Waals surface area contributed by atoms with Crippen LogP contribution in [0.5, 0.6) is 0 Å². The van der Waals surface area contributed by atoms with Crippen molar-refractivity contribution in [1.82, 2.24) is 15.5 Å². The van der Waals surface area contributed by atoms with Crippen molar-refractivity contribution >= 4 is 11.8 Å². The largest absolute Gasteiger partial charge is 0.339 e. The van der Waals surface area contributed by atoms with Gasteiger partial charge in [0.2, 0.25) is 11.7 Å². The van der Waals surface area contributed by atoms with Crippen LogP contribution in [-0.4, -0.2) is 34.7 Å². The molecule has 4 nitrogen and oxygen atoms in total. The maximum Gasteiger partial charge on any atom is 0.232 e. The molecule has 0 amide bonds. The lowest BCUT2D eigenvalue weighted by Crippen LogP contribution is -2.31. The first-order valence-corrected chi connectivity index (χ1v) is 7.28. The van der Waals surface area contributed by atoms with Gasteiger partial charge in [-0.05, 0) is 31.3 Å². The monoisotopic (exact) mass is 279 g/mol. The van der Waals surface area contributed by atoms with Gasteiger partial charge in [0.25, 0.3) is 0 Å². The van der Waals surface area contributed by atoms with Gasteiger partial charge in [-0.2, -0.15) is 16.7 Å². The Labute approximate surface area is 114 Å². The number of thioether (sulfide) groups is 1. The van der Waals surface area contributed by atoms with E-state index in [0.717, 1.165) is 17.1 Å². The number of nitrogens with one attached hydrogen (secondary N) is 1. The highest BCUT2D eigenvalue weighted by Crippen LogP contribution is 2.32. The van der Waals surface area contributed by atoms with Crippen LogP contribution in [0.25, 0.3) is 11.4 Å². The minimum absolute atomic E-state index is 0.247. The second-order valence-electron chi connectivity index (χ2n) is 4.50. The average molecular weight is 279 g/mol. The van der Waals surface area contributed by atoms with Crippen LogP contribution in [0.3, 0.4) is 0 Å². The summed E-state index contributed by atoms with van der Waals surface area (Å²) in [5, 5.41) is 7.25. The number of hydrogen-bond acceptors (Lipinski definition) is 5. The van der Waals surface area contributed by atoms with E-state index >= 15 is 0 Å². The second-order valence-corrected chi connectivity index (χ2v) is 5.58. The minimum atomic E-state index is -0.269. The molecule has 1 saturated heterocycles. The van der Waals surface area contributed by atoms with E-state index in [0.29, 0.717) is 17.8 Å². The molecule has 0 bridgehead atoms. The third-order valence-electron chi connectivity index (χ3n) is 3.31. The molecule has 2 heterocycles. The predicted molar refractivity (Wildman–Crippen MR) is 72.6 cm³/mol. The van der Waals surface area contributed by atoms with E-state index in [1.807, 2.05) is 18.8 Å². The van der Waals surface area contributed by atoms with Gasteiger partial charge in [0, 0.05) is 23.1 Å². The van der Waals surface area contributed by atoms with Crippen molar-refractivity contribution in [2.24, 2.45) is 0 Å². The first-order valence-electron chi connectivity index (χ1n) is 6.12. The van der Waals surface area contributed by atoms with E-state index in [1.54, 1.807) is 12.1 Å². The Morgan fingerprint density at radius 3 is 2.84 bits per heavy atom. The van der Waals surface area contributed by atoms with Gasteiger partial charge < -0.3 is 9.84 Å². The van der Waals surface area contributed by atoms with Gasteiger partial charge in [-0.1, -0.05) is 5.16 Å². The smallest absolute Gasteiger partial charge is 0.232 e. The molecule has 1 fully saturated rings. The average Bonchev–Trinajstić information content (AvgIpc) is 3.07. The van der Waals surface area contributed by atoms with Crippen molar-refractivity contribution in [1.29, 1.82) is 0 Å². The van der Waals surface area contributed by atoms with Gasteiger partial charge in [-0.3, -0.25) is 0 Å². The van der Waals surface area contributed by atoms with E-state index in [2.05, 4.69) is 15.5 Å². The molecule has 0 saturated carbocycles. The highest BCUT2D eigenvalue weighted by Gasteiger charge is 2.32. The van der Waals surface area contributed by atoms with Crippen molar-refractivity contribution in [2.75, 3.05) is 18.6 Å². The topological polar surface area (TPSA) is 51.0 Å². The van der Waals surface area contributed by atoms with Crippen molar-refractivity contribution < 1.29 is 8.91 Å². The molecule has 1 aliphatic rings. The molecule has 0 spiro atoms. The summed E-state index contributed by atoms with van der Waals surface area (Å²) in [6.07, 6.45) is 0. The van der Waals surface area contributed by atoms with Crippen LogP contribution in [0.1, 0.15) is 11.8 Å². The van der Waals surface area contributed by atoms with Crippen LogP contribution in [-0.2, 0) is 0 Å². The lowest BCUT2D eigenvalue weighted by Gasteiger charge is -2.13. The van der Waals surface area contributed by atoms with Gasteiger partial charge in [0.05, 0.1) is 5.92 Å². The van der Waals surface area contributed by atoms with Crippen molar-refractivity contribution in [2.45, 2.75) is 12.0 Å². The third-order valence-corrected chi connectivity index (χ3v) is 4.50. The lowest BCUT2D eigenvalue weighted by atomic mass is 10.0. The van der Waals surface area contributed by atoms with Gasteiger partial charge in [0.1, 0.15) is 5.82 Å². The van der Waals surface area contributed by atoms with Crippen molar-refractivity contribution in [3.8, 4) is 11.4 Å². The molecule has 1 aliphatic heterocycles. The Balaban J connectivity index is 1.85. The van der Waals surface area contributed by atoms with Gasteiger partial charge in [0.15, 0.2) is 0 Å². The molecule has 6 heteroatoms. The molecule has 19 heavy (non-hydrogen) atoms. The van der Waals surface area contributed by atoms with Gasteiger partial charge >= 0.3 is 0 Å². The summed E-state index contributed by atoms with van der Waals surface area (Å²) in [6, 6.07) is 6.47. The molecule has 1 aromatic heterocycles. The minimum Gasteiger partial charge on any atom is -0.339 e. The fourth-order valence-corrected chi connectivity index (χ4v) is 3.60.